The minimum absolute atomic E-state index is 0.140. The Bertz CT molecular complexity index is 318. The molecule has 1 unspecified atom stereocenters. The van der Waals surface area contributed by atoms with E-state index in [-0.39, 0.29) is 17.4 Å². The van der Waals surface area contributed by atoms with E-state index in [0.717, 1.165) is 71.6 Å². The maximum Gasteiger partial charge on any atom is 0.226 e. The molecule has 0 saturated carbocycles. The molecule has 0 aliphatic carbocycles. The highest BCUT2D eigenvalue weighted by molar-refractivity contribution is 5.83. The first-order valence-electron chi connectivity index (χ1n) is 8.48. The van der Waals surface area contributed by atoms with Crippen molar-refractivity contribution in [2.45, 2.75) is 45.6 Å². The lowest BCUT2D eigenvalue weighted by Crippen LogP contribution is -2.52. The minimum atomic E-state index is -0.140. The minimum Gasteiger partial charge on any atom is -0.379 e. The predicted molar refractivity (Wildman–Crippen MR) is 84.3 cm³/mol. The Kier molecular flexibility index (Phi) is 6.45. The highest BCUT2D eigenvalue weighted by Gasteiger charge is 2.38. The van der Waals surface area contributed by atoms with Gasteiger partial charge in [-0.1, -0.05) is 13.3 Å². The second-order valence-electron chi connectivity index (χ2n) is 6.57. The first-order valence-corrected chi connectivity index (χ1v) is 8.48. The van der Waals surface area contributed by atoms with Crippen molar-refractivity contribution < 1.29 is 9.53 Å². The van der Waals surface area contributed by atoms with Gasteiger partial charge in [0, 0.05) is 25.7 Å². The fourth-order valence-electron chi connectivity index (χ4n) is 3.57. The van der Waals surface area contributed by atoms with Gasteiger partial charge in [0.25, 0.3) is 0 Å². The zero-order valence-corrected chi connectivity index (χ0v) is 13.6. The van der Waals surface area contributed by atoms with Crippen molar-refractivity contribution in [3.05, 3.63) is 0 Å². The number of amides is 1. The average molecular weight is 297 g/mol. The molecule has 0 aromatic rings. The van der Waals surface area contributed by atoms with Gasteiger partial charge in [-0.2, -0.15) is 0 Å². The second kappa shape index (κ2) is 8.11. The van der Waals surface area contributed by atoms with E-state index in [4.69, 9.17) is 4.74 Å². The van der Waals surface area contributed by atoms with Gasteiger partial charge in [0.1, 0.15) is 0 Å². The van der Waals surface area contributed by atoms with Crippen LogP contribution in [-0.2, 0) is 9.53 Å². The third kappa shape index (κ3) is 4.66. The molecule has 2 saturated heterocycles. The Morgan fingerprint density at radius 1 is 1.33 bits per heavy atom. The maximum absolute atomic E-state index is 12.8. The van der Waals surface area contributed by atoms with Crippen LogP contribution in [0.1, 0.15) is 39.5 Å². The smallest absolute Gasteiger partial charge is 0.226 e. The zero-order valence-electron chi connectivity index (χ0n) is 13.6. The first-order chi connectivity index (χ1) is 10.2. The summed E-state index contributed by atoms with van der Waals surface area (Å²) in [6.45, 7) is 10.7. The lowest BCUT2D eigenvalue weighted by molar-refractivity contribution is -0.134. The molecule has 0 radical (unpaired) electrons. The molecular formula is C16H31N3O2. The number of carbonyl (C=O) groups is 1. The molecule has 1 atom stereocenters. The quantitative estimate of drug-likeness (QED) is 0.768. The van der Waals surface area contributed by atoms with Crippen LogP contribution >= 0.6 is 0 Å². The summed E-state index contributed by atoms with van der Waals surface area (Å²) in [4.78, 5) is 15.2. The van der Waals surface area contributed by atoms with Crippen LogP contribution in [0.3, 0.4) is 0 Å². The Hall–Kier alpha value is -0.650. The van der Waals surface area contributed by atoms with E-state index in [9.17, 15) is 4.79 Å². The molecule has 0 spiro atoms. The van der Waals surface area contributed by atoms with Crippen LogP contribution in [0.2, 0.25) is 0 Å². The molecular weight excluding hydrogens is 266 g/mol. The van der Waals surface area contributed by atoms with Gasteiger partial charge in [-0.3, -0.25) is 9.69 Å². The van der Waals surface area contributed by atoms with Gasteiger partial charge in [0.15, 0.2) is 0 Å². The van der Waals surface area contributed by atoms with Crippen molar-refractivity contribution in [1.82, 2.24) is 15.5 Å². The van der Waals surface area contributed by atoms with Gasteiger partial charge >= 0.3 is 0 Å². The Morgan fingerprint density at radius 2 is 2.00 bits per heavy atom. The summed E-state index contributed by atoms with van der Waals surface area (Å²) in [6.07, 6.45) is 4.02. The topological polar surface area (TPSA) is 53.6 Å². The van der Waals surface area contributed by atoms with Gasteiger partial charge in [-0.15, -0.1) is 0 Å². The van der Waals surface area contributed by atoms with Gasteiger partial charge < -0.3 is 15.4 Å². The molecule has 0 aromatic carbocycles. The standard InChI is InChI=1S/C16H31N3O2/c1-3-4-16(5-7-17-8-6-16)15(20)18-14(2)13-19-9-11-21-12-10-19/h14,17H,3-13H2,1-2H3,(H,18,20). The molecule has 5 nitrogen and oxygen atoms in total. The largest absolute Gasteiger partial charge is 0.379 e. The van der Waals surface area contributed by atoms with E-state index in [1.54, 1.807) is 0 Å². The van der Waals surface area contributed by atoms with Crippen molar-refractivity contribution in [2.24, 2.45) is 5.41 Å². The highest BCUT2D eigenvalue weighted by atomic mass is 16.5. The molecule has 1 amide bonds. The Morgan fingerprint density at radius 3 is 2.62 bits per heavy atom. The van der Waals surface area contributed by atoms with E-state index >= 15 is 0 Å². The molecule has 2 aliphatic heterocycles. The van der Waals surface area contributed by atoms with Gasteiger partial charge in [0.05, 0.1) is 18.6 Å². The van der Waals surface area contributed by atoms with Crippen molar-refractivity contribution in [2.75, 3.05) is 45.9 Å². The second-order valence-corrected chi connectivity index (χ2v) is 6.57. The van der Waals surface area contributed by atoms with Crippen LogP contribution in [0.5, 0.6) is 0 Å². The predicted octanol–water partition coefficient (Wildman–Crippen LogP) is 0.993. The summed E-state index contributed by atoms with van der Waals surface area (Å²) in [7, 11) is 0. The summed E-state index contributed by atoms with van der Waals surface area (Å²) < 4.78 is 5.37. The average Bonchev–Trinajstić information content (AvgIpc) is 2.49. The number of morpholine rings is 1. The number of piperidine rings is 1. The molecule has 122 valence electrons. The van der Waals surface area contributed by atoms with Crippen molar-refractivity contribution in [3.8, 4) is 0 Å². The summed E-state index contributed by atoms with van der Waals surface area (Å²) in [6, 6.07) is 0.208. The highest BCUT2D eigenvalue weighted by Crippen LogP contribution is 2.34. The first kappa shape index (κ1) is 16.7. The molecule has 2 N–H and O–H groups in total. The molecule has 2 heterocycles. The maximum atomic E-state index is 12.8. The molecule has 0 bridgehead atoms. The van der Waals surface area contributed by atoms with Crippen molar-refractivity contribution in [3.63, 3.8) is 0 Å². The Balaban J connectivity index is 1.85. The number of nitrogens with zero attached hydrogens (tertiary/aromatic N) is 1. The number of ether oxygens (including phenoxy) is 1. The van der Waals surface area contributed by atoms with Crippen LogP contribution in [0.4, 0.5) is 0 Å². The van der Waals surface area contributed by atoms with Crippen molar-refractivity contribution >= 4 is 5.91 Å². The van der Waals surface area contributed by atoms with Crippen LogP contribution < -0.4 is 10.6 Å². The SMILES string of the molecule is CCCC1(C(=O)NC(C)CN2CCOCC2)CCNCC1. The monoisotopic (exact) mass is 297 g/mol. The van der Waals surface area contributed by atoms with E-state index in [2.05, 4.69) is 29.4 Å². The molecule has 5 heteroatoms. The van der Waals surface area contributed by atoms with E-state index in [0.29, 0.717) is 0 Å². The van der Waals surface area contributed by atoms with Crippen molar-refractivity contribution in [1.29, 1.82) is 0 Å². The lowest BCUT2D eigenvalue weighted by Gasteiger charge is -2.38. The van der Waals surface area contributed by atoms with Gasteiger partial charge in [0.2, 0.25) is 5.91 Å². The third-order valence-corrected chi connectivity index (χ3v) is 4.78. The number of nitrogens with one attached hydrogen (secondary N) is 2. The summed E-state index contributed by atoms with van der Waals surface area (Å²) in [5.41, 5.74) is -0.140. The van der Waals surface area contributed by atoms with Crippen LogP contribution in [0, 0.1) is 5.41 Å². The number of carbonyl (C=O) groups excluding carboxylic acids is 1. The lowest BCUT2D eigenvalue weighted by atomic mass is 9.74. The fraction of sp³-hybridized carbons (Fsp3) is 0.938. The number of rotatable bonds is 6. The number of hydrogen-bond donors (Lipinski definition) is 2. The molecule has 21 heavy (non-hydrogen) atoms. The molecule has 0 aromatic heterocycles. The number of hydrogen-bond acceptors (Lipinski definition) is 4. The fourth-order valence-corrected chi connectivity index (χ4v) is 3.57. The summed E-state index contributed by atoms with van der Waals surface area (Å²) >= 11 is 0. The summed E-state index contributed by atoms with van der Waals surface area (Å²) in [5.74, 6) is 0.270. The van der Waals surface area contributed by atoms with Crippen LogP contribution in [0.15, 0.2) is 0 Å². The normalized spacial score (nSPS) is 24.5. The van der Waals surface area contributed by atoms with Crippen LogP contribution in [0.25, 0.3) is 0 Å². The Labute approximate surface area is 128 Å². The van der Waals surface area contributed by atoms with Gasteiger partial charge in [-0.05, 0) is 39.3 Å². The molecule has 2 aliphatic rings. The third-order valence-electron chi connectivity index (χ3n) is 4.78. The zero-order chi connectivity index (χ0) is 15.1. The van der Waals surface area contributed by atoms with Crippen LogP contribution in [-0.4, -0.2) is 62.8 Å². The van der Waals surface area contributed by atoms with E-state index in [1.807, 2.05) is 0 Å². The van der Waals surface area contributed by atoms with E-state index < -0.39 is 0 Å². The molecule has 2 rings (SSSR count). The summed E-state index contributed by atoms with van der Waals surface area (Å²) in [5, 5.41) is 6.64. The van der Waals surface area contributed by atoms with Gasteiger partial charge in [-0.25, -0.2) is 0 Å². The molecule has 2 fully saturated rings. The van der Waals surface area contributed by atoms with E-state index in [1.165, 1.54) is 0 Å².